The van der Waals surface area contributed by atoms with Crippen LogP contribution in [-0.4, -0.2) is 26.2 Å². The molecule has 100 valence electrons. The first kappa shape index (κ1) is 13.6. The summed E-state index contributed by atoms with van der Waals surface area (Å²) in [4.78, 5) is 14.0. The summed E-state index contributed by atoms with van der Waals surface area (Å²) in [5, 5.41) is 9.19. The van der Waals surface area contributed by atoms with E-state index in [-0.39, 0.29) is 19.1 Å². The molecule has 0 unspecified atom stereocenters. The van der Waals surface area contributed by atoms with Gasteiger partial charge in [0.25, 0.3) is 5.91 Å². The van der Waals surface area contributed by atoms with Gasteiger partial charge in [0.05, 0.1) is 19.3 Å². The molecule has 2 rings (SSSR count). The van der Waals surface area contributed by atoms with Crippen LogP contribution in [0.1, 0.15) is 16.7 Å². The van der Waals surface area contributed by atoms with Gasteiger partial charge in [-0.15, -0.1) is 0 Å². The number of carbonyl (C=O) groups excluding carboxylic acids is 1. The summed E-state index contributed by atoms with van der Waals surface area (Å²) in [5.74, 6) is -0.187. The predicted molar refractivity (Wildman–Crippen MR) is 72.9 cm³/mol. The molecule has 1 amide bonds. The minimum Gasteiger partial charge on any atom is -0.377 e. The molecule has 1 fully saturated rings. The summed E-state index contributed by atoms with van der Waals surface area (Å²) < 4.78 is 5.04. The van der Waals surface area contributed by atoms with Crippen LogP contribution in [0, 0.1) is 37.5 Å². The zero-order valence-corrected chi connectivity index (χ0v) is 11.8. The van der Waals surface area contributed by atoms with Crippen LogP contribution in [0.3, 0.4) is 0 Å². The lowest BCUT2D eigenvalue weighted by molar-refractivity contribution is -0.146. The monoisotopic (exact) mass is 258 g/mol. The second-order valence-electron chi connectivity index (χ2n) is 5.20. The molecule has 19 heavy (non-hydrogen) atoms. The lowest BCUT2D eigenvalue weighted by atomic mass is 9.86. The van der Waals surface area contributed by atoms with Gasteiger partial charge in [-0.2, -0.15) is 5.26 Å². The Morgan fingerprint density at radius 3 is 2.42 bits per heavy atom. The molecule has 0 atom stereocenters. The van der Waals surface area contributed by atoms with Crippen LogP contribution in [0.4, 0.5) is 5.69 Å². The lowest BCUT2D eigenvalue weighted by Gasteiger charge is -2.37. The third-order valence-electron chi connectivity index (χ3n) is 4.02. The van der Waals surface area contributed by atoms with Gasteiger partial charge in [-0.05, 0) is 43.5 Å². The maximum absolute atomic E-state index is 12.5. The molecular formula is C15H18N2O2. The minimum atomic E-state index is -1.00. The maximum Gasteiger partial charge on any atom is 0.252 e. The van der Waals surface area contributed by atoms with Gasteiger partial charge >= 0.3 is 0 Å². The van der Waals surface area contributed by atoms with Crippen LogP contribution in [-0.2, 0) is 9.53 Å². The highest BCUT2D eigenvalue weighted by atomic mass is 16.5. The summed E-state index contributed by atoms with van der Waals surface area (Å²) in [6.07, 6.45) is 0. The topological polar surface area (TPSA) is 53.3 Å². The third-order valence-corrected chi connectivity index (χ3v) is 4.02. The van der Waals surface area contributed by atoms with Crippen molar-refractivity contribution < 1.29 is 9.53 Å². The molecule has 0 bridgehead atoms. The standard InChI is InChI=1S/C15H18N2O2/c1-10-5-6-13(12(3)11(10)2)17(4)14(18)15(7-16)8-19-9-15/h5-6H,8-9H2,1-4H3. The van der Waals surface area contributed by atoms with Gasteiger partial charge in [0.15, 0.2) is 5.41 Å². The highest BCUT2D eigenvalue weighted by Crippen LogP contribution is 2.32. The van der Waals surface area contributed by atoms with Crippen LogP contribution in [0.5, 0.6) is 0 Å². The Morgan fingerprint density at radius 2 is 1.95 bits per heavy atom. The molecule has 1 saturated heterocycles. The fourth-order valence-corrected chi connectivity index (χ4v) is 2.28. The van der Waals surface area contributed by atoms with Crippen molar-refractivity contribution in [2.75, 3.05) is 25.2 Å². The van der Waals surface area contributed by atoms with E-state index in [1.54, 1.807) is 11.9 Å². The van der Waals surface area contributed by atoms with Crippen LogP contribution >= 0.6 is 0 Å². The Labute approximate surface area is 113 Å². The second-order valence-corrected chi connectivity index (χ2v) is 5.20. The second kappa shape index (κ2) is 4.67. The Bertz CT molecular complexity index is 568. The SMILES string of the molecule is Cc1ccc(N(C)C(=O)C2(C#N)COC2)c(C)c1C. The molecule has 4 nitrogen and oxygen atoms in total. The number of aryl methyl sites for hydroxylation is 1. The van der Waals surface area contributed by atoms with E-state index in [2.05, 4.69) is 6.07 Å². The number of ether oxygens (including phenoxy) is 1. The molecule has 1 heterocycles. The molecule has 0 aliphatic carbocycles. The number of hydrogen-bond acceptors (Lipinski definition) is 3. The van der Waals surface area contributed by atoms with Gasteiger partial charge in [0.1, 0.15) is 0 Å². The molecule has 1 aliphatic heterocycles. The van der Waals surface area contributed by atoms with E-state index in [9.17, 15) is 10.1 Å². The van der Waals surface area contributed by atoms with Crippen molar-refractivity contribution in [1.82, 2.24) is 0 Å². The van der Waals surface area contributed by atoms with Crippen LogP contribution in [0.2, 0.25) is 0 Å². The van der Waals surface area contributed by atoms with Crippen LogP contribution in [0.25, 0.3) is 0 Å². The van der Waals surface area contributed by atoms with E-state index in [1.165, 1.54) is 11.1 Å². The molecule has 0 N–H and O–H groups in total. The van der Waals surface area contributed by atoms with E-state index in [0.29, 0.717) is 0 Å². The van der Waals surface area contributed by atoms with Crippen LogP contribution < -0.4 is 4.90 Å². The summed E-state index contributed by atoms with van der Waals surface area (Å²) in [5.41, 5.74) is 3.30. The van der Waals surface area contributed by atoms with E-state index >= 15 is 0 Å². The Kier molecular flexibility index (Phi) is 3.34. The first-order chi connectivity index (χ1) is 8.93. The molecule has 0 radical (unpaired) electrons. The average Bonchev–Trinajstić information content (AvgIpc) is 2.34. The Morgan fingerprint density at radius 1 is 1.32 bits per heavy atom. The van der Waals surface area contributed by atoms with Crippen molar-refractivity contribution in [2.24, 2.45) is 5.41 Å². The first-order valence-electron chi connectivity index (χ1n) is 6.27. The van der Waals surface area contributed by atoms with E-state index in [4.69, 9.17) is 4.74 Å². The molecule has 0 saturated carbocycles. The van der Waals surface area contributed by atoms with Gasteiger partial charge in [-0.3, -0.25) is 4.79 Å². The Hall–Kier alpha value is -1.86. The summed E-state index contributed by atoms with van der Waals surface area (Å²) in [6, 6.07) is 6.02. The number of rotatable bonds is 2. The van der Waals surface area contributed by atoms with Crippen molar-refractivity contribution in [3.05, 3.63) is 28.8 Å². The van der Waals surface area contributed by atoms with Crippen molar-refractivity contribution in [3.8, 4) is 6.07 Å². The molecule has 1 aromatic rings. The fourth-order valence-electron chi connectivity index (χ4n) is 2.28. The largest absolute Gasteiger partial charge is 0.377 e. The quantitative estimate of drug-likeness (QED) is 0.816. The van der Waals surface area contributed by atoms with E-state index in [0.717, 1.165) is 11.3 Å². The van der Waals surface area contributed by atoms with Crippen LogP contribution in [0.15, 0.2) is 12.1 Å². The molecule has 0 aromatic heterocycles. The number of benzene rings is 1. The third kappa shape index (κ3) is 2.00. The predicted octanol–water partition coefficient (Wildman–Crippen LogP) is 2.11. The zero-order valence-electron chi connectivity index (χ0n) is 11.8. The summed E-state index contributed by atoms with van der Waals surface area (Å²) >= 11 is 0. The van der Waals surface area contributed by atoms with Gasteiger partial charge in [-0.1, -0.05) is 6.07 Å². The molecule has 1 aromatic carbocycles. The van der Waals surface area contributed by atoms with E-state index in [1.807, 2.05) is 32.9 Å². The fraction of sp³-hybridized carbons (Fsp3) is 0.467. The number of hydrogen-bond donors (Lipinski definition) is 0. The van der Waals surface area contributed by atoms with Crippen molar-refractivity contribution in [3.63, 3.8) is 0 Å². The van der Waals surface area contributed by atoms with Crippen molar-refractivity contribution in [2.45, 2.75) is 20.8 Å². The molecular weight excluding hydrogens is 240 g/mol. The average molecular weight is 258 g/mol. The lowest BCUT2D eigenvalue weighted by Crippen LogP contribution is -2.53. The number of anilines is 1. The van der Waals surface area contributed by atoms with Gasteiger partial charge in [-0.25, -0.2) is 0 Å². The smallest absolute Gasteiger partial charge is 0.252 e. The Balaban J connectivity index is 2.35. The molecule has 4 heteroatoms. The number of nitriles is 1. The highest BCUT2D eigenvalue weighted by molar-refractivity contribution is 6.00. The molecule has 1 aliphatic rings. The molecule has 0 spiro atoms. The summed E-state index contributed by atoms with van der Waals surface area (Å²) in [7, 11) is 1.72. The van der Waals surface area contributed by atoms with Crippen molar-refractivity contribution in [1.29, 1.82) is 5.26 Å². The highest BCUT2D eigenvalue weighted by Gasteiger charge is 2.48. The number of carbonyl (C=O) groups is 1. The zero-order chi connectivity index (χ0) is 14.2. The maximum atomic E-state index is 12.5. The normalized spacial score (nSPS) is 16.4. The number of amides is 1. The van der Waals surface area contributed by atoms with Gasteiger partial charge in [0.2, 0.25) is 0 Å². The summed E-state index contributed by atoms with van der Waals surface area (Å²) in [6.45, 7) is 6.47. The van der Waals surface area contributed by atoms with Gasteiger partial charge < -0.3 is 9.64 Å². The van der Waals surface area contributed by atoms with Gasteiger partial charge in [0, 0.05) is 12.7 Å². The van der Waals surface area contributed by atoms with Crippen molar-refractivity contribution >= 4 is 11.6 Å². The minimum absolute atomic E-state index is 0.187. The van der Waals surface area contributed by atoms with E-state index < -0.39 is 5.41 Å². The number of nitrogens with zero attached hydrogens (tertiary/aromatic N) is 2. The first-order valence-corrected chi connectivity index (χ1v) is 6.27.